The zero-order valence-corrected chi connectivity index (χ0v) is 20.0. The standard InChI is InChI=1S/C23H39NO3Si/c1-10-14-20(27-28(8,9)23(5,6)7)19(17-18-15-12-11-13-16-18)24-21(25)26-22(2,3)4/h10-13,15-16,19-20H,1,14,17H2,2-9H3,(H,24,25)/t19-,20+/m0/s1. The Morgan fingerprint density at radius 1 is 1.14 bits per heavy atom. The average molecular weight is 406 g/mol. The number of hydrogen-bond donors (Lipinski definition) is 1. The van der Waals surface area contributed by atoms with Gasteiger partial charge in [0.25, 0.3) is 0 Å². The molecule has 0 aliphatic rings. The van der Waals surface area contributed by atoms with E-state index in [-0.39, 0.29) is 17.2 Å². The van der Waals surface area contributed by atoms with Gasteiger partial charge in [0.2, 0.25) is 0 Å². The van der Waals surface area contributed by atoms with Crippen LogP contribution in [0.1, 0.15) is 53.5 Å². The summed E-state index contributed by atoms with van der Waals surface area (Å²) in [6.45, 7) is 20.6. The SMILES string of the molecule is C=CC[C@@H](O[Si](C)(C)C(C)(C)C)[C@H](Cc1ccccc1)NC(=O)OC(C)(C)C. The second kappa shape index (κ2) is 9.75. The van der Waals surface area contributed by atoms with Gasteiger partial charge in [-0.05, 0) is 57.3 Å². The number of ether oxygens (including phenoxy) is 1. The Balaban J connectivity index is 3.12. The minimum Gasteiger partial charge on any atom is -0.444 e. The van der Waals surface area contributed by atoms with Crippen LogP contribution < -0.4 is 5.32 Å². The van der Waals surface area contributed by atoms with Gasteiger partial charge in [-0.1, -0.05) is 57.2 Å². The lowest BCUT2D eigenvalue weighted by atomic mass is 9.99. The van der Waals surface area contributed by atoms with Crippen LogP contribution in [-0.2, 0) is 15.6 Å². The molecule has 0 spiro atoms. The summed E-state index contributed by atoms with van der Waals surface area (Å²) in [4.78, 5) is 12.5. The van der Waals surface area contributed by atoms with Gasteiger partial charge in [0.05, 0.1) is 12.1 Å². The molecule has 0 saturated carbocycles. The number of benzene rings is 1. The molecule has 4 nitrogen and oxygen atoms in total. The first kappa shape index (κ1) is 24.4. The highest BCUT2D eigenvalue weighted by atomic mass is 28.4. The Hall–Kier alpha value is -1.59. The number of carbonyl (C=O) groups is 1. The van der Waals surface area contributed by atoms with Gasteiger partial charge in [-0.25, -0.2) is 4.79 Å². The monoisotopic (exact) mass is 405 g/mol. The number of rotatable bonds is 8. The van der Waals surface area contributed by atoms with E-state index >= 15 is 0 Å². The number of carbonyl (C=O) groups excluding carboxylic acids is 1. The number of alkyl carbamates (subject to hydrolysis) is 1. The van der Waals surface area contributed by atoms with Crippen molar-refractivity contribution in [1.29, 1.82) is 0 Å². The van der Waals surface area contributed by atoms with Gasteiger partial charge in [0, 0.05) is 0 Å². The van der Waals surface area contributed by atoms with E-state index in [1.165, 1.54) is 0 Å². The van der Waals surface area contributed by atoms with E-state index in [2.05, 4.69) is 57.9 Å². The minimum absolute atomic E-state index is 0.0790. The van der Waals surface area contributed by atoms with Crippen LogP contribution in [0, 0.1) is 0 Å². The molecule has 2 atom stereocenters. The first-order valence-corrected chi connectivity index (χ1v) is 13.0. The van der Waals surface area contributed by atoms with Gasteiger partial charge in [0.1, 0.15) is 5.60 Å². The number of hydrogen-bond acceptors (Lipinski definition) is 3. The second-order valence-corrected chi connectivity index (χ2v) is 14.6. The fraction of sp³-hybridized carbons (Fsp3) is 0.609. The molecule has 0 saturated heterocycles. The maximum atomic E-state index is 12.5. The summed E-state index contributed by atoms with van der Waals surface area (Å²) in [7, 11) is -2.02. The molecule has 1 rings (SSSR count). The molecule has 0 aromatic heterocycles. The smallest absolute Gasteiger partial charge is 0.407 e. The third kappa shape index (κ3) is 8.19. The highest BCUT2D eigenvalue weighted by Gasteiger charge is 2.41. The van der Waals surface area contributed by atoms with Crippen molar-refractivity contribution in [2.24, 2.45) is 0 Å². The van der Waals surface area contributed by atoms with Crippen molar-refractivity contribution in [3.8, 4) is 0 Å². The fourth-order valence-electron chi connectivity index (χ4n) is 2.62. The number of amides is 1. The van der Waals surface area contributed by atoms with Crippen LogP contribution in [0.3, 0.4) is 0 Å². The highest BCUT2D eigenvalue weighted by Crippen LogP contribution is 2.38. The average Bonchev–Trinajstić information content (AvgIpc) is 2.52. The molecule has 0 radical (unpaired) electrons. The molecule has 0 aliphatic heterocycles. The first-order valence-electron chi connectivity index (χ1n) is 10.1. The predicted molar refractivity (Wildman–Crippen MR) is 120 cm³/mol. The van der Waals surface area contributed by atoms with E-state index in [0.29, 0.717) is 12.8 Å². The minimum atomic E-state index is -2.02. The summed E-state index contributed by atoms with van der Waals surface area (Å²) in [6.07, 6.45) is 2.63. The predicted octanol–water partition coefficient (Wildman–Crippen LogP) is 6.09. The lowest BCUT2D eigenvalue weighted by Crippen LogP contribution is -2.53. The van der Waals surface area contributed by atoms with Gasteiger partial charge < -0.3 is 14.5 Å². The zero-order valence-electron chi connectivity index (χ0n) is 19.0. The van der Waals surface area contributed by atoms with E-state index in [9.17, 15) is 4.79 Å². The molecular weight excluding hydrogens is 366 g/mol. The summed E-state index contributed by atoms with van der Waals surface area (Å²) < 4.78 is 12.2. The highest BCUT2D eigenvalue weighted by molar-refractivity contribution is 6.74. The molecule has 1 aromatic carbocycles. The molecule has 0 aliphatic carbocycles. The molecule has 1 N–H and O–H groups in total. The van der Waals surface area contributed by atoms with E-state index in [1.807, 2.05) is 45.0 Å². The first-order chi connectivity index (χ1) is 12.7. The Bertz CT molecular complexity index is 629. The molecule has 0 heterocycles. The summed E-state index contributed by atoms with van der Waals surface area (Å²) in [6, 6.07) is 9.95. The Morgan fingerprint density at radius 2 is 1.71 bits per heavy atom. The van der Waals surface area contributed by atoms with Crippen LogP contribution in [0.4, 0.5) is 4.79 Å². The summed E-state index contributed by atoms with van der Waals surface area (Å²) in [5.41, 5.74) is 0.603. The van der Waals surface area contributed by atoms with Crippen LogP contribution in [0.2, 0.25) is 18.1 Å². The van der Waals surface area contributed by atoms with Gasteiger partial charge in [-0.2, -0.15) is 0 Å². The largest absolute Gasteiger partial charge is 0.444 e. The van der Waals surface area contributed by atoms with Gasteiger partial charge in [-0.3, -0.25) is 0 Å². The molecule has 0 unspecified atom stereocenters. The van der Waals surface area contributed by atoms with Crippen molar-refractivity contribution < 1.29 is 14.0 Å². The molecule has 1 amide bonds. The summed E-state index contributed by atoms with van der Waals surface area (Å²) >= 11 is 0. The molecule has 0 fully saturated rings. The molecule has 0 bridgehead atoms. The molecule has 5 heteroatoms. The quantitative estimate of drug-likeness (QED) is 0.420. The van der Waals surface area contributed by atoms with E-state index in [1.54, 1.807) is 0 Å². The maximum Gasteiger partial charge on any atom is 0.407 e. The summed E-state index contributed by atoms with van der Waals surface area (Å²) in [5.74, 6) is 0. The number of nitrogens with one attached hydrogen (secondary N) is 1. The normalized spacial score (nSPS) is 14.9. The van der Waals surface area contributed by atoms with Gasteiger partial charge in [-0.15, -0.1) is 6.58 Å². The maximum absolute atomic E-state index is 12.5. The lowest BCUT2D eigenvalue weighted by molar-refractivity contribution is 0.0435. The van der Waals surface area contributed by atoms with Crippen molar-refractivity contribution in [3.63, 3.8) is 0 Å². The van der Waals surface area contributed by atoms with Crippen molar-refractivity contribution in [2.75, 3.05) is 0 Å². The Kier molecular flexibility index (Phi) is 8.51. The Morgan fingerprint density at radius 3 is 2.18 bits per heavy atom. The van der Waals surface area contributed by atoms with Crippen LogP contribution in [0.25, 0.3) is 0 Å². The molecular formula is C23H39NO3Si. The second-order valence-electron chi connectivity index (χ2n) is 9.88. The van der Waals surface area contributed by atoms with Crippen LogP contribution in [0.5, 0.6) is 0 Å². The molecule has 28 heavy (non-hydrogen) atoms. The molecule has 1 aromatic rings. The van der Waals surface area contributed by atoms with Crippen molar-refractivity contribution in [3.05, 3.63) is 48.6 Å². The van der Waals surface area contributed by atoms with Crippen LogP contribution >= 0.6 is 0 Å². The molecule has 158 valence electrons. The fourth-order valence-corrected chi connectivity index (χ4v) is 3.99. The summed E-state index contributed by atoms with van der Waals surface area (Å²) in [5, 5.41) is 3.15. The van der Waals surface area contributed by atoms with Crippen LogP contribution in [0.15, 0.2) is 43.0 Å². The van der Waals surface area contributed by atoms with Gasteiger partial charge in [0.15, 0.2) is 8.32 Å². The Labute approximate surface area is 172 Å². The van der Waals surface area contributed by atoms with Crippen molar-refractivity contribution in [1.82, 2.24) is 5.32 Å². The van der Waals surface area contributed by atoms with Crippen molar-refractivity contribution >= 4 is 14.4 Å². The van der Waals surface area contributed by atoms with Crippen LogP contribution in [-0.4, -0.2) is 32.2 Å². The third-order valence-electron chi connectivity index (χ3n) is 5.10. The third-order valence-corrected chi connectivity index (χ3v) is 9.60. The van der Waals surface area contributed by atoms with E-state index in [4.69, 9.17) is 9.16 Å². The topological polar surface area (TPSA) is 47.6 Å². The van der Waals surface area contributed by atoms with Gasteiger partial charge >= 0.3 is 6.09 Å². The van der Waals surface area contributed by atoms with E-state index < -0.39 is 20.0 Å². The van der Waals surface area contributed by atoms with E-state index in [0.717, 1.165) is 5.56 Å². The zero-order chi connectivity index (χ0) is 21.6. The van der Waals surface area contributed by atoms with Crippen molar-refractivity contribution in [2.45, 2.75) is 90.3 Å². The lowest BCUT2D eigenvalue weighted by Gasteiger charge is -2.41.